The maximum atomic E-state index is 11.9. The van der Waals surface area contributed by atoms with Crippen LogP contribution in [0.1, 0.15) is 0 Å². The highest BCUT2D eigenvalue weighted by Gasteiger charge is 2.10. The minimum atomic E-state index is -2.12. The minimum absolute atomic E-state index is 0.955. The minimum Gasteiger partial charge on any atom is -0.319 e. The van der Waals surface area contributed by atoms with Crippen molar-refractivity contribution >= 4 is 23.2 Å². The van der Waals surface area contributed by atoms with Crippen LogP contribution in [0.5, 0.6) is 0 Å². The zero-order valence-electron chi connectivity index (χ0n) is 8.40. The van der Waals surface area contributed by atoms with Gasteiger partial charge in [0.2, 0.25) is 0 Å². The molecule has 2 rings (SSSR count). The SMILES string of the molecule is CP(C)(=O)c1ccc2ccccc2c1. The van der Waals surface area contributed by atoms with Gasteiger partial charge in [-0.2, -0.15) is 0 Å². The van der Waals surface area contributed by atoms with Crippen molar-refractivity contribution in [3.8, 4) is 0 Å². The molecule has 0 unspecified atom stereocenters. The predicted octanol–water partition coefficient (Wildman–Crippen LogP) is 3.09. The van der Waals surface area contributed by atoms with Crippen LogP contribution in [0.15, 0.2) is 42.5 Å². The summed E-state index contributed by atoms with van der Waals surface area (Å²) in [6, 6.07) is 14.1. The molecule has 2 aromatic carbocycles. The van der Waals surface area contributed by atoms with Gasteiger partial charge in [-0.3, -0.25) is 0 Å². The molecule has 0 amide bonds. The van der Waals surface area contributed by atoms with Gasteiger partial charge in [0, 0.05) is 5.30 Å². The summed E-state index contributed by atoms with van der Waals surface area (Å²) in [5.41, 5.74) is 0. The van der Waals surface area contributed by atoms with Gasteiger partial charge in [0.1, 0.15) is 7.14 Å². The van der Waals surface area contributed by atoms with Gasteiger partial charge in [0.25, 0.3) is 0 Å². The van der Waals surface area contributed by atoms with Crippen molar-refractivity contribution < 1.29 is 4.57 Å². The average Bonchev–Trinajstić information content (AvgIpc) is 2.16. The van der Waals surface area contributed by atoms with E-state index in [1.54, 1.807) is 13.3 Å². The summed E-state index contributed by atoms with van der Waals surface area (Å²) in [6.45, 7) is 3.61. The van der Waals surface area contributed by atoms with Crippen LogP contribution in [0, 0.1) is 0 Å². The molecule has 0 atom stereocenters. The largest absolute Gasteiger partial charge is 0.319 e. The first-order valence-electron chi connectivity index (χ1n) is 4.62. The normalized spacial score (nSPS) is 11.9. The van der Waals surface area contributed by atoms with E-state index in [9.17, 15) is 4.57 Å². The Bertz CT molecular complexity index is 510. The molecule has 0 aliphatic rings. The number of benzene rings is 2. The van der Waals surface area contributed by atoms with E-state index in [1.165, 1.54) is 5.39 Å². The van der Waals surface area contributed by atoms with Crippen LogP contribution in [0.4, 0.5) is 0 Å². The fraction of sp³-hybridized carbons (Fsp3) is 0.167. The van der Waals surface area contributed by atoms with Crippen molar-refractivity contribution in [1.82, 2.24) is 0 Å². The Balaban J connectivity index is 2.69. The summed E-state index contributed by atoms with van der Waals surface area (Å²) in [7, 11) is -2.12. The van der Waals surface area contributed by atoms with Crippen LogP contribution in [-0.2, 0) is 4.57 Å². The lowest BCUT2D eigenvalue weighted by molar-refractivity contribution is 0.588. The van der Waals surface area contributed by atoms with Crippen molar-refractivity contribution in [2.24, 2.45) is 0 Å². The van der Waals surface area contributed by atoms with Crippen molar-refractivity contribution in [1.29, 1.82) is 0 Å². The molecule has 0 aromatic heterocycles. The molecule has 0 aliphatic heterocycles. The van der Waals surface area contributed by atoms with E-state index >= 15 is 0 Å². The summed E-state index contributed by atoms with van der Waals surface area (Å²) in [5, 5.41) is 3.31. The van der Waals surface area contributed by atoms with E-state index in [4.69, 9.17) is 0 Å². The van der Waals surface area contributed by atoms with Crippen LogP contribution in [-0.4, -0.2) is 13.3 Å². The number of hydrogen-bond donors (Lipinski definition) is 0. The monoisotopic (exact) mass is 204 g/mol. The second kappa shape index (κ2) is 3.25. The van der Waals surface area contributed by atoms with E-state index in [2.05, 4.69) is 12.1 Å². The third-order valence-corrected chi connectivity index (χ3v) is 3.88. The second-order valence-corrected chi connectivity index (χ2v) is 7.10. The first kappa shape index (κ1) is 9.48. The topological polar surface area (TPSA) is 17.1 Å². The lowest BCUT2D eigenvalue weighted by Crippen LogP contribution is -2.01. The highest BCUT2D eigenvalue weighted by atomic mass is 31.2. The summed E-state index contributed by atoms with van der Waals surface area (Å²) < 4.78 is 11.9. The molecule has 0 radical (unpaired) electrons. The van der Waals surface area contributed by atoms with Crippen molar-refractivity contribution in [3.05, 3.63) is 42.5 Å². The zero-order chi connectivity index (χ0) is 10.2. The molecule has 0 bridgehead atoms. The Morgan fingerprint density at radius 2 is 1.57 bits per heavy atom. The molecule has 72 valence electrons. The maximum Gasteiger partial charge on any atom is 0.109 e. The van der Waals surface area contributed by atoms with Crippen LogP contribution >= 0.6 is 7.14 Å². The fourth-order valence-electron chi connectivity index (χ4n) is 1.51. The Morgan fingerprint density at radius 3 is 2.21 bits per heavy atom. The molecule has 2 aromatic rings. The zero-order valence-corrected chi connectivity index (χ0v) is 9.29. The second-order valence-electron chi connectivity index (χ2n) is 3.88. The third kappa shape index (κ3) is 1.73. The molecule has 14 heavy (non-hydrogen) atoms. The highest BCUT2D eigenvalue weighted by molar-refractivity contribution is 7.70. The van der Waals surface area contributed by atoms with E-state index < -0.39 is 7.14 Å². The highest BCUT2D eigenvalue weighted by Crippen LogP contribution is 2.35. The predicted molar refractivity (Wildman–Crippen MR) is 63.0 cm³/mol. The van der Waals surface area contributed by atoms with Gasteiger partial charge in [-0.05, 0) is 30.2 Å². The van der Waals surface area contributed by atoms with E-state index in [0.717, 1.165) is 10.7 Å². The fourth-order valence-corrected chi connectivity index (χ4v) is 2.40. The molecule has 0 N–H and O–H groups in total. The van der Waals surface area contributed by atoms with E-state index in [0.29, 0.717) is 0 Å². The molecule has 0 aliphatic carbocycles. The Kier molecular flexibility index (Phi) is 2.20. The summed E-state index contributed by atoms with van der Waals surface area (Å²) in [5.74, 6) is 0. The van der Waals surface area contributed by atoms with Crippen LogP contribution in [0.2, 0.25) is 0 Å². The summed E-state index contributed by atoms with van der Waals surface area (Å²) in [6.07, 6.45) is 0. The average molecular weight is 204 g/mol. The summed E-state index contributed by atoms with van der Waals surface area (Å²) >= 11 is 0. The van der Waals surface area contributed by atoms with Crippen LogP contribution in [0.3, 0.4) is 0 Å². The lowest BCUT2D eigenvalue weighted by Gasteiger charge is -2.07. The Morgan fingerprint density at radius 1 is 0.929 bits per heavy atom. The molecule has 0 heterocycles. The molecule has 0 spiro atoms. The van der Waals surface area contributed by atoms with Crippen molar-refractivity contribution in [2.75, 3.05) is 13.3 Å². The summed E-state index contributed by atoms with van der Waals surface area (Å²) in [4.78, 5) is 0. The van der Waals surface area contributed by atoms with Gasteiger partial charge in [0.05, 0.1) is 0 Å². The first-order chi connectivity index (χ1) is 6.57. The smallest absolute Gasteiger partial charge is 0.109 e. The molecule has 0 fully saturated rings. The Hall–Kier alpha value is -1.07. The molecule has 0 saturated heterocycles. The van der Waals surface area contributed by atoms with Gasteiger partial charge in [-0.25, -0.2) is 0 Å². The first-order valence-corrected chi connectivity index (χ1v) is 7.22. The molecule has 0 saturated carbocycles. The van der Waals surface area contributed by atoms with Crippen molar-refractivity contribution in [2.45, 2.75) is 0 Å². The van der Waals surface area contributed by atoms with E-state index in [1.807, 2.05) is 30.3 Å². The molecular formula is C12H13OP. The van der Waals surface area contributed by atoms with Gasteiger partial charge < -0.3 is 4.57 Å². The third-order valence-electron chi connectivity index (χ3n) is 2.35. The maximum absolute atomic E-state index is 11.9. The number of hydrogen-bond acceptors (Lipinski definition) is 1. The molecular weight excluding hydrogens is 191 g/mol. The molecule has 1 nitrogen and oxygen atoms in total. The number of fused-ring (bicyclic) bond motifs is 1. The standard InChI is InChI=1S/C12H13OP/c1-14(2,13)12-8-7-10-5-3-4-6-11(10)9-12/h3-9H,1-2H3. The van der Waals surface area contributed by atoms with Gasteiger partial charge in [-0.15, -0.1) is 0 Å². The quantitative estimate of drug-likeness (QED) is 0.652. The van der Waals surface area contributed by atoms with E-state index in [-0.39, 0.29) is 0 Å². The lowest BCUT2D eigenvalue weighted by atomic mass is 10.1. The van der Waals surface area contributed by atoms with Crippen molar-refractivity contribution in [3.63, 3.8) is 0 Å². The van der Waals surface area contributed by atoms with Crippen LogP contribution < -0.4 is 5.30 Å². The van der Waals surface area contributed by atoms with Gasteiger partial charge >= 0.3 is 0 Å². The number of rotatable bonds is 1. The van der Waals surface area contributed by atoms with Gasteiger partial charge in [0.15, 0.2) is 0 Å². The Labute approximate surface area is 84.1 Å². The van der Waals surface area contributed by atoms with Crippen LogP contribution in [0.25, 0.3) is 10.8 Å². The molecule has 2 heteroatoms. The van der Waals surface area contributed by atoms with Gasteiger partial charge in [-0.1, -0.05) is 36.4 Å².